The third kappa shape index (κ3) is 6.57. The van der Waals surface area contributed by atoms with Gasteiger partial charge in [0.15, 0.2) is 0 Å². The number of hydrogen-bond acceptors (Lipinski definition) is 4. The first-order chi connectivity index (χ1) is 20.7. The summed E-state index contributed by atoms with van der Waals surface area (Å²) in [5.74, 6) is 2.66. The van der Waals surface area contributed by atoms with Crippen LogP contribution in [-0.2, 0) is 19.4 Å². The summed E-state index contributed by atoms with van der Waals surface area (Å²) in [7, 11) is 1.72. The molecular weight excluding hydrogens is 518 g/mol. The van der Waals surface area contributed by atoms with Gasteiger partial charge in [0.2, 0.25) is 0 Å². The minimum atomic E-state index is 0.107. The molecule has 2 heterocycles. The molecule has 1 fully saturated rings. The number of H-pyrrole nitrogens is 1. The first kappa shape index (κ1) is 28.5. The van der Waals surface area contributed by atoms with Gasteiger partial charge in [-0.2, -0.15) is 0 Å². The van der Waals surface area contributed by atoms with Crippen LogP contribution in [0.15, 0.2) is 73.2 Å². The molecule has 42 heavy (non-hydrogen) atoms. The van der Waals surface area contributed by atoms with E-state index in [4.69, 9.17) is 9.47 Å². The maximum Gasteiger partial charge on any atom is 0.122 e. The summed E-state index contributed by atoms with van der Waals surface area (Å²) < 4.78 is 11.2. The lowest BCUT2D eigenvalue weighted by molar-refractivity contribution is 0.157. The molecule has 1 unspecified atom stereocenters. The number of ether oxygens (including phenoxy) is 2. The monoisotopic (exact) mass is 563 g/mol. The fraction of sp³-hybridized carbons (Fsp3) is 0.432. The zero-order valence-corrected chi connectivity index (χ0v) is 25.3. The van der Waals surface area contributed by atoms with Gasteiger partial charge in [0.25, 0.3) is 0 Å². The van der Waals surface area contributed by atoms with Gasteiger partial charge in [-0.15, -0.1) is 0 Å². The first-order valence-corrected chi connectivity index (χ1v) is 16.0. The second kappa shape index (κ2) is 13.6. The van der Waals surface area contributed by atoms with Crippen molar-refractivity contribution in [2.75, 3.05) is 20.3 Å². The molecule has 1 aliphatic carbocycles. The summed E-state index contributed by atoms with van der Waals surface area (Å²) in [6, 6.07) is 22.5. The highest BCUT2D eigenvalue weighted by Crippen LogP contribution is 2.37. The molecule has 1 saturated carbocycles. The molecule has 0 spiro atoms. The van der Waals surface area contributed by atoms with Crippen LogP contribution in [0.25, 0.3) is 11.1 Å². The zero-order chi connectivity index (χ0) is 28.7. The van der Waals surface area contributed by atoms with E-state index in [1.165, 1.54) is 84.0 Å². The van der Waals surface area contributed by atoms with Gasteiger partial charge < -0.3 is 14.5 Å². The van der Waals surface area contributed by atoms with Crippen LogP contribution >= 0.6 is 0 Å². The second-order valence-corrected chi connectivity index (χ2v) is 12.1. The Kier molecular flexibility index (Phi) is 9.25. The molecule has 6 rings (SSSR count). The Morgan fingerprint density at radius 3 is 2.60 bits per heavy atom. The molecule has 1 N–H and O–H groups in total. The van der Waals surface area contributed by atoms with E-state index in [0.29, 0.717) is 0 Å². The van der Waals surface area contributed by atoms with Gasteiger partial charge in [0, 0.05) is 25.7 Å². The lowest BCUT2D eigenvalue weighted by atomic mass is 9.86. The summed E-state index contributed by atoms with van der Waals surface area (Å²) >= 11 is 0. The smallest absolute Gasteiger partial charge is 0.122 e. The second-order valence-electron chi connectivity index (χ2n) is 12.1. The number of hydrogen-bond donors (Lipinski definition) is 1. The first-order valence-electron chi connectivity index (χ1n) is 16.0. The van der Waals surface area contributed by atoms with Crippen molar-refractivity contribution in [3.8, 4) is 22.6 Å². The van der Waals surface area contributed by atoms with E-state index in [1.54, 1.807) is 7.11 Å². The van der Waals surface area contributed by atoms with E-state index in [0.717, 1.165) is 50.0 Å². The quantitative estimate of drug-likeness (QED) is 0.188. The normalized spacial score (nSPS) is 15.9. The van der Waals surface area contributed by atoms with Crippen LogP contribution in [0.3, 0.4) is 0 Å². The molecule has 1 aliphatic heterocycles. The van der Waals surface area contributed by atoms with Crippen LogP contribution in [0.1, 0.15) is 85.9 Å². The molecule has 4 aromatic rings. The fourth-order valence-electron chi connectivity index (χ4n) is 6.93. The predicted molar refractivity (Wildman–Crippen MR) is 170 cm³/mol. The number of unbranched alkanes of at least 4 members (excludes halogenated alkanes) is 1. The number of benzene rings is 3. The predicted octanol–water partition coefficient (Wildman–Crippen LogP) is 8.53. The minimum absolute atomic E-state index is 0.107. The van der Waals surface area contributed by atoms with Crippen LogP contribution < -0.4 is 9.47 Å². The van der Waals surface area contributed by atoms with Crippen molar-refractivity contribution in [3.05, 3.63) is 101 Å². The van der Waals surface area contributed by atoms with E-state index >= 15 is 0 Å². The topological polar surface area (TPSA) is 50.4 Å². The number of rotatable bonds is 12. The van der Waals surface area contributed by atoms with Crippen LogP contribution in [0, 0.1) is 5.92 Å². The minimum Gasteiger partial charge on any atom is -0.497 e. The summed E-state index contributed by atoms with van der Waals surface area (Å²) in [6.45, 7) is 5.07. The van der Waals surface area contributed by atoms with Gasteiger partial charge >= 0.3 is 0 Å². The molecule has 3 aromatic carbocycles. The third-order valence-corrected chi connectivity index (χ3v) is 9.20. The molecule has 5 nitrogen and oxygen atoms in total. The lowest BCUT2D eigenvalue weighted by Gasteiger charge is -2.36. The van der Waals surface area contributed by atoms with Crippen molar-refractivity contribution in [3.63, 3.8) is 0 Å². The van der Waals surface area contributed by atoms with Crippen molar-refractivity contribution >= 4 is 0 Å². The average Bonchev–Trinajstić information content (AvgIpc) is 3.74. The van der Waals surface area contributed by atoms with Gasteiger partial charge in [0.1, 0.15) is 11.5 Å². The molecule has 0 amide bonds. The van der Waals surface area contributed by atoms with E-state index in [-0.39, 0.29) is 6.04 Å². The van der Waals surface area contributed by atoms with Crippen molar-refractivity contribution in [2.24, 2.45) is 5.92 Å². The number of nitrogens with one attached hydrogen (secondary N) is 1. The van der Waals surface area contributed by atoms with Crippen molar-refractivity contribution in [2.45, 2.75) is 77.3 Å². The van der Waals surface area contributed by atoms with Crippen molar-refractivity contribution in [1.82, 2.24) is 14.9 Å². The fourth-order valence-corrected chi connectivity index (χ4v) is 6.93. The highest BCUT2D eigenvalue weighted by molar-refractivity contribution is 5.66. The SMILES string of the molecule is CCCCc1cc(-c2ccc(OC)cc2)ccc1C(c1cnc[nH]1)N(Cc1ccc2c(c1)CCO2)CC1CCCCC1. The highest BCUT2D eigenvalue weighted by atomic mass is 16.5. The van der Waals surface area contributed by atoms with Gasteiger partial charge in [0.05, 0.1) is 31.8 Å². The molecule has 1 aromatic heterocycles. The molecule has 2 aliphatic rings. The van der Waals surface area contributed by atoms with Gasteiger partial charge in [-0.3, -0.25) is 4.90 Å². The van der Waals surface area contributed by atoms with Crippen molar-refractivity contribution in [1.29, 1.82) is 0 Å². The number of fused-ring (bicyclic) bond motifs is 1. The molecule has 0 saturated heterocycles. The third-order valence-electron chi connectivity index (χ3n) is 9.20. The number of methoxy groups -OCH3 is 1. The van der Waals surface area contributed by atoms with Gasteiger partial charge in [-0.05, 0) is 83.2 Å². The van der Waals surface area contributed by atoms with Crippen LogP contribution in [0.4, 0.5) is 0 Å². The number of nitrogens with zero attached hydrogens (tertiary/aromatic N) is 2. The summed E-state index contributed by atoms with van der Waals surface area (Å²) in [5, 5.41) is 0. The maximum atomic E-state index is 5.84. The van der Waals surface area contributed by atoms with Crippen molar-refractivity contribution < 1.29 is 9.47 Å². The van der Waals surface area contributed by atoms with Gasteiger partial charge in [-0.25, -0.2) is 4.98 Å². The molecule has 1 atom stereocenters. The Labute approximate surface area is 251 Å². The van der Waals surface area contributed by atoms with E-state index in [9.17, 15) is 0 Å². The summed E-state index contributed by atoms with van der Waals surface area (Å²) in [5.41, 5.74) is 9.18. The number of aromatic nitrogens is 2. The Bertz CT molecular complexity index is 1420. The molecule has 5 heteroatoms. The summed E-state index contributed by atoms with van der Waals surface area (Å²) in [4.78, 5) is 10.8. The Hall–Kier alpha value is -3.57. The lowest BCUT2D eigenvalue weighted by Crippen LogP contribution is -2.35. The standard InChI is InChI=1S/C37H45N3O2/c1-3-4-10-31-22-30(29-12-15-33(41-2)16-13-29)14-17-34(31)37(35-23-38-26-39-35)40(24-27-8-6-5-7-9-27)25-28-11-18-36-32(21-28)19-20-42-36/h11-18,21-23,26-27,37H,3-10,19-20,24-25H2,1-2H3,(H,38,39). The Morgan fingerprint density at radius 1 is 1.00 bits per heavy atom. The largest absolute Gasteiger partial charge is 0.497 e. The van der Waals surface area contributed by atoms with E-state index in [2.05, 4.69) is 82.5 Å². The highest BCUT2D eigenvalue weighted by Gasteiger charge is 2.29. The molecule has 0 radical (unpaired) electrons. The number of aryl methyl sites for hydroxylation is 1. The van der Waals surface area contributed by atoms with Crippen LogP contribution in [-0.4, -0.2) is 35.1 Å². The van der Waals surface area contributed by atoms with E-state index in [1.807, 2.05) is 12.5 Å². The Balaban J connectivity index is 1.40. The van der Waals surface area contributed by atoms with Crippen LogP contribution in [0.2, 0.25) is 0 Å². The molecule has 220 valence electrons. The zero-order valence-electron chi connectivity index (χ0n) is 25.3. The molecule has 0 bridgehead atoms. The summed E-state index contributed by atoms with van der Waals surface area (Å²) in [6.07, 6.45) is 15.0. The van der Waals surface area contributed by atoms with E-state index < -0.39 is 0 Å². The van der Waals surface area contributed by atoms with Gasteiger partial charge in [-0.1, -0.05) is 75.1 Å². The maximum absolute atomic E-state index is 5.84. The number of imidazole rings is 1. The number of aromatic amines is 1. The average molecular weight is 564 g/mol. The molecular formula is C37H45N3O2. The van der Waals surface area contributed by atoms with Crippen LogP contribution in [0.5, 0.6) is 11.5 Å². The Morgan fingerprint density at radius 2 is 1.83 bits per heavy atom.